The van der Waals surface area contributed by atoms with Crippen LogP contribution >= 0.6 is 15.9 Å². The summed E-state index contributed by atoms with van der Waals surface area (Å²) in [4.78, 5) is 38.0. The van der Waals surface area contributed by atoms with Crippen molar-refractivity contribution in [2.45, 2.75) is 45.1 Å². The van der Waals surface area contributed by atoms with Crippen LogP contribution in [-0.2, 0) is 4.79 Å². The first kappa shape index (κ1) is 20.4. The van der Waals surface area contributed by atoms with Crippen molar-refractivity contribution in [1.82, 2.24) is 15.8 Å². The number of urea groups is 1. The quantitative estimate of drug-likeness (QED) is 0.667. The maximum Gasteiger partial charge on any atom is 0.344 e. The standard InChI is InChI=1S/C19H24BrN3O5/c1-4-28-14-10-12(9-13(20)15(14)27-3)16(24)22-23-17(25)19(21-18(23)26)7-5-11(2)6-8-19/h9-11H,4-8H2,1-3H3,(H,21,26)(H,22,24). The SMILES string of the molecule is CCOc1cc(C(=O)NN2C(=O)NC3(CCC(C)CC3)C2=O)cc(Br)c1OC. The van der Waals surface area contributed by atoms with Crippen LogP contribution in [0.4, 0.5) is 4.79 Å². The summed E-state index contributed by atoms with van der Waals surface area (Å²) in [7, 11) is 1.50. The monoisotopic (exact) mass is 453 g/mol. The molecule has 1 aliphatic heterocycles. The Kier molecular flexibility index (Phi) is 5.83. The lowest BCUT2D eigenvalue weighted by atomic mass is 9.77. The lowest BCUT2D eigenvalue weighted by Gasteiger charge is -2.33. The molecule has 3 rings (SSSR count). The molecule has 1 aromatic carbocycles. The molecule has 1 heterocycles. The number of amides is 4. The van der Waals surface area contributed by atoms with Gasteiger partial charge in [-0.05, 0) is 66.6 Å². The topological polar surface area (TPSA) is 97.0 Å². The first-order chi connectivity index (χ1) is 13.3. The first-order valence-electron chi connectivity index (χ1n) is 9.29. The number of hydrogen-bond donors (Lipinski definition) is 2. The Balaban J connectivity index is 1.79. The number of rotatable bonds is 5. The molecular weight excluding hydrogens is 430 g/mol. The lowest BCUT2D eigenvalue weighted by Crippen LogP contribution is -2.51. The molecule has 0 bridgehead atoms. The second-order valence-corrected chi connectivity index (χ2v) is 8.05. The van der Waals surface area contributed by atoms with Gasteiger partial charge in [0.2, 0.25) is 0 Å². The van der Waals surface area contributed by atoms with E-state index in [2.05, 4.69) is 33.6 Å². The van der Waals surface area contributed by atoms with E-state index in [1.165, 1.54) is 13.2 Å². The summed E-state index contributed by atoms with van der Waals surface area (Å²) in [6, 6.07) is 2.46. The van der Waals surface area contributed by atoms with Gasteiger partial charge in [-0.15, -0.1) is 0 Å². The Bertz CT molecular complexity index is 805. The van der Waals surface area contributed by atoms with E-state index in [9.17, 15) is 14.4 Å². The molecular formula is C19H24BrN3O5. The van der Waals surface area contributed by atoms with Crippen LogP contribution in [0.25, 0.3) is 0 Å². The molecule has 1 spiro atoms. The van der Waals surface area contributed by atoms with Crippen molar-refractivity contribution in [1.29, 1.82) is 0 Å². The molecule has 1 aromatic rings. The predicted octanol–water partition coefficient (Wildman–Crippen LogP) is 3.00. The van der Waals surface area contributed by atoms with E-state index in [1.807, 2.05) is 6.92 Å². The summed E-state index contributed by atoms with van der Waals surface area (Å²) in [5.74, 6) is 0.375. The fourth-order valence-corrected chi connectivity index (χ4v) is 4.25. The van der Waals surface area contributed by atoms with E-state index in [0.717, 1.165) is 17.9 Å². The second-order valence-electron chi connectivity index (χ2n) is 7.20. The number of imide groups is 1. The minimum atomic E-state index is -0.909. The van der Waals surface area contributed by atoms with Crippen LogP contribution in [0.2, 0.25) is 0 Å². The maximum absolute atomic E-state index is 12.9. The van der Waals surface area contributed by atoms with Gasteiger partial charge in [-0.3, -0.25) is 15.0 Å². The van der Waals surface area contributed by atoms with Gasteiger partial charge in [0.25, 0.3) is 11.8 Å². The molecule has 1 saturated heterocycles. The van der Waals surface area contributed by atoms with E-state index in [0.29, 0.717) is 41.3 Å². The third kappa shape index (κ3) is 3.67. The zero-order valence-electron chi connectivity index (χ0n) is 16.1. The smallest absolute Gasteiger partial charge is 0.344 e. The van der Waals surface area contributed by atoms with Gasteiger partial charge >= 0.3 is 6.03 Å². The average Bonchev–Trinajstić information content (AvgIpc) is 2.88. The summed E-state index contributed by atoms with van der Waals surface area (Å²) in [5, 5.41) is 3.57. The van der Waals surface area contributed by atoms with Gasteiger partial charge in [0.05, 0.1) is 18.2 Å². The van der Waals surface area contributed by atoms with Crippen molar-refractivity contribution in [3.63, 3.8) is 0 Å². The van der Waals surface area contributed by atoms with E-state index in [-0.39, 0.29) is 5.56 Å². The van der Waals surface area contributed by atoms with Crippen LogP contribution < -0.4 is 20.2 Å². The number of benzene rings is 1. The van der Waals surface area contributed by atoms with Crippen LogP contribution in [0.1, 0.15) is 49.9 Å². The third-order valence-electron chi connectivity index (χ3n) is 5.28. The van der Waals surface area contributed by atoms with E-state index < -0.39 is 23.4 Å². The van der Waals surface area contributed by atoms with Gasteiger partial charge in [0, 0.05) is 5.56 Å². The Morgan fingerprint density at radius 1 is 1.36 bits per heavy atom. The molecule has 2 fully saturated rings. The van der Waals surface area contributed by atoms with Crippen molar-refractivity contribution in [3.8, 4) is 11.5 Å². The number of nitrogens with zero attached hydrogens (tertiary/aromatic N) is 1. The number of hydrazine groups is 1. The van der Waals surface area contributed by atoms with E-state index in [1.54, 1.807) is 6.07 Å². The Morgan fingerprint density at radius 2 is 2.04 bits per heavy atom. The molecule has 4 amide bonds. The minimum absolute atomic E-state index is 0.231. The molecule has 2 N–H and O–H groups in total. The Labute approximate surface area is 172 Å². The summed E-state index contributed by atoms with van der Waals surface area (Å²) in [5.41, 5.74) is 1.75. The highest BCUT2D eigenvalue weighted by atomic mass is 79.9. The van der Waals surface area contributed by atoms with Crippen LogP contribution in [-0.4, -0.2) is 42.1 Å². The molecule has 28 heavy (non-hydrogen) atoms. The average molecular weight is 454 g/mol. The van der Waals surface area contributed by atoms with Gasteiger partial charge in [-0.2, -0.15) is 5.01 Å². The zero-order chi connectivity index (χ0) is 20.5. The van der Waals surface area contributed by atoms with Crippen molar-refractivity contribution in [2.75, 3.05) is 13.7 Å². The second kappa shape index (κ2) is 7.98. The number of halogens is 1. The number of methoxy groups -OCH3 is 1. The molecule has 0 atom stereocenters. The number of carbonyl (C=O) groups is 3. The number of carbonyl (C=O) groups excluding carboxylic acids is 3. The molecule has 2 aliphatic rings. The summed E-state index contributed by atoms with van der Waals surface area (Å²) < 4.78 is 11.3. The normalized spacial score (nSPS) is 24.3. The number of nitrogens with one attached hydrogen (secondary N) is 2. The largest absolute Gasteiger partial charge is 0.492 e. The van der Waals surface area contributed by atoms with Gasteiger partial charge in [-0.25, -0.2) is 4.79 Å². The molecule has 1 saturated carbocycles. The van der Waals surface area contributed by atoms with Gasteiger partial charge in [-0.1, -0.05) is 6.92 Å². The predicted molar refractivity (Wildman–Crippen MR) is 105 cm³/mol. The molecule has 9 heteroatoms. The van der Waals surface area contributed by atoms with E-state index >= 15 is 0 Å². The van der Waals surface area contributed by atoms with E-state index in [4.69, 9.17) is 9.47 Å². The highest BCUT2D eigenvalue weighted by molar-refractivity contribution is 9.10. The van der Waals surface area contributed by atoms with Crippen LogP contribution in [0, 0.1) is 5.92 Å². The molecule has 1 aliphatic carbocycles. The van der Waals surface area contributed by atoms with Crippen molar-refractivity contribution in [2.24, 2.45) is 5.92 Å². The first-order valence-corrected chi connectivity index (χ1v) is 10.1. The van der Waals surface area contributed by atoms with Crippen molar-refractivity contribution >= 4 is 33.8 Å². The number of hydrogen-bond acceptors (Lipinski definition) is 5. The highest BCUT2D eigenvalue weighted by Crippen LogP contribution is 2.37. The summed E-state index contributed by atoms with van der Waals surface area (Å²) in [6.45, 7) is 4.34. The van der Waals surface area contributed by atoms with Crippen molar-refractivity contribution < 1.29 is 23.9 Å². The van der Waals surface area contributed by atoms with Crippen LogP contribution in [0.3, 0.4) is 0 Å². The zero-order valence-corrected chi connectivity index (χ0v) is 17.7. The summed E-state index contributed by atoms with van der Waals surface area (Å²) in [6.07, 6.45) is 2.87. The third-order valence-corrected chi connectivity index (χ3v) is 5.87. The molecule has 0 unspecified atom stereocenters. The number of ether oxygens (including phenoxy) is 2. The van der Waals surface area contributed by atoms with Crippen LogP contribution in [0.15, 0.2) is 16.6 Å². The summed E-state index contributed by atoms with van der Waals surface area (Å²) >= 11 is 3.35. The molecule has 0 radical (unpaired) electrons. The fourth-order valence-electron chi connectivity index (χ4n) is 3.64. The van der Waals surface area contributed by atoms with Gasteiger partial charge < -0.3 is 14.8 Å². The van der Waals surface area contributed by atoms with Crippen LogP contribution in [0.5, 0.6) is 11.5 Å². The van der Waals surface area contributed by atoms with Crippen molar-refractivity contribution in [3.05, 3.63) is 22.2 Å². The molecule has 0 aromatic heterocycles. The van der Waals surface area contributed by atoms with Gasteiger partial charge in [0.1, 0.15) is 5.54 Å². The Hall–Kier alpha value is -2.29. The fraction of sp³-hybridized carbons (Fsp3) is 0.526. The minimum Gasteiger partial charge on any atom is -0.492 e. The highest BCUT2D eigenvalue weighted by Gasteiger charge is 2.52. The Morgan fingerprint density at radius 3 is 2.64 bits per heavy atom. The maximum atomic E-state index is 12.9. The molecule has 8 nitrogen and oxygen atoms in total. The lowest BCUT2D eigenvalue weighted by molar-refractivity contribution is -0.134. The van der Waals surface area contributed by atoms with Gasteiger partial charge in [0.15, 0.2) is 11.5 Å². The molecule has 152 valence electrons.